The van der Waals surface area contributed by atoms with Crippen LogP contribution in [0.2, 0.25) is 5.02 Å². The van der Waals surface area contributed by atoms with Gasteiger partial charge >= 0.3 is 0 Å². The lowest BCUT2D eigenvalue weighted by atomic mass is 10.3. The van der Waals surface area contributed by atoms with Crippen LogP contribution in [0.5, 0.6) is 0 Å². The molecular weight excluding hydrogens is 237 g/mol. The number of benzene rings is 1. The SMILES string of the molecule is O=C1C[C@@H](Cl)C(=O)N1c1ccc(Cl)cc1. The van der Waals surface area contributed by atoms with E-state index in [0.29, 0.717) is 10.7 Å². The number of carbonyl (C=O) groups excluding carboxylic acids is 2. The lowest BCUT2D eigenvalue weighted by Crippen LogP contribution is -2.30. The van der Waals surface area contributed by atoms with Crippen molar-refractivity contribution in [3.05, 3.63) is 29.3 Å². The van der Waals surface area contributed by atoms with E-state index in [9.17, 15) is 9.59 Å². The maximum Gasteiger partial charge on any atom is 0.252 e. The van der Waals surface area contributed by atoms with Crippen LogP contribution in [-0.2, 0) is 9.59 Å². The largest absolute Gasteiger partial charge is 0.274 e. The molecule has 0 aliphatic carbocycles. The number of carbonyl (C=O) groups is 2. The Kier molecular flexibility index (Phi) is 2.67. The highest BCUT2D eigenvalue weighted by atomic mass is 35.5. The summed E-state index contributed by atoms with van der Waals surface area (Å²) in [5.41, 5.74) is 0.512. The lowest BCUT2D eigenvalue weighted by Gasteiger charge is -2.13. The Morgan fingerprint density at radius 3 is 2.27 bits per heavy atom. The summed E-state index contributed by atoms with van der Waals surface area (Å²) in [5, 5.41) is -0.187. The molecule has 1 saturated heterocycles. The van der Waals surface area contributed by atoms with Crippen LogP contribution in [0.15, 0.2) is 24.3 Å². The molecule has 1 atom stereocenters. The Labute approximate surface area is 96.6 Å². The average Bonchev–Trinajstić information content (AvgIpc) is 2.44. The Morgan fingerprint density at radius 2 is 1.80 bits per heavy atom. The maximum atomic E-state index is 11.5. The minimum absolute atomic E-state index is 0.0585. The van der Waals surface area contributed by atoms with E-state index in [-0.39, 0.29) is 18.2 Å². The fraction of sp³-hybridized carbons (Fsp3) is 0.200. The highest BCUT2D eigenvalue weighted by Gasteiger charge is 2.38. The van der Waals surface area contributed by atoms with Crippen LogP contribution in [0.3, 0.4) is 0 Å². The van der Waals surface area contributed by atoms with E-state index in [1.54, 1.807) is 24.3 Å². The fourth-order valence-electron chi connectivity index (χ4n) is 1.46. The van der Waals surface area contributed by atoms with Gasteiger partial charge in [-0.25, -0.2) is 4.90 Å². The monoisotopic (exact) mass is 243 g/mol. The standard InChI is InChI=1S/C10H7Cl2NO2/c11-6-1-3-7(4-2-6)13-9(14)5-8(12)10(13)15/h1-4,8H,5H2/t8-/m1/s1. The molecule has 0 aromatic heterocycles. The molecule has 0 radical (unpaired) electrons. The van der Waals surface area contributed by atoms with Gasteiger partial charge in [-0.05, 0) is 24.3 Å². The molecule has 2 rings (SSSR count). The topological polar surface area (TPSA) is 37.4 Å². The summed E-state index contributed by atoms with van der Waals surface area (Å²) >= 11 is 11.4. The number of anilines is 1. The van der Waals surface area contributed by atoms with Crippen molar-refractivity contribution in [2.75, 3.05) is 4.90 Å². The van der Waals surface area contributed by atoms with Crippen LogP contribution in [-0.4, -0.2) is 17.2 Å². The number of hydrogen-bond acceptors (Lipinski definition) is 2. The zero-order chi connectivity index (χ0) is 11.0. The van der Waals surface area contributed by atoms with Crippen LogP contribution in [0.25, 0.3) is 0 Å². The van der Waals surface area contributed by atoms with Crippen LogP contribution < -0.4 is 4.90 Å². The van der Waals surface area contributed by atoms with Crippen molar-refractivity contribution >= 4 is 40.7 Å². The molecule has 0 N–H and O–H groups in total. The summed E-state index contributed by atoms with van der Waals surface area (Å²) in [5.74, 6) is -0.647. The number of rotatable bonds is 1. The van der Waals surface area contributed by atoms with E-state index >= 15 is 0 Å². The molecule has 0 bridgehead atoms. The number of halogens is 2. The average molecular weight is 244 g/mol. The predicted molar refractivity (Wildman–Crippen MR) is 58.2 cm³/mol. The van der Waals surface area contributed by atoms with E-state index in [1.807, 2.05) is 0 Å². The predicted octanol–water partition coefficient (Wildman–Crippen LogP) is 2.21. The molecule has 0 unspecified atom stereocenters. The fourth-order valence-corrected chi connectivity index (χ4v) is 1.81. The zero-order valence-electron chi connectivity index (χ0n) is 7.61. The molecule has 0 spiro atoms. The first-order chi connectivity index (χ1) is 7.09. The van der Waals surface area contributed by atoms with Gasteiger partial charge in [0.2, 0.25) is 5.91 Å². The second-order valence-corrected chi connectivity index (χ2v) is 4.18. The molecule has 1 heterocycles. The van der Waals surface area contributed by atoms with Gasteiger partial charge in [-0.3, -0.25) is 9.59 Å². The van der Waals surface area contributed by atoms with E-state index in [0.717, 1.165) is 4.90 Å². The third-order valence-electron chi connectivity index (χ3n) is 2.18. The Bertz CT molecular complexity index is 416. The molecule has 1 aromatic rings. The van der Waals surface area contributed by atoms with Crippen molar-refractivity contribution in [3.8, 4) is 0 Å². The van der Waals surface area contributed by atoms with Gasteiger partial charge in [0, 0.05) is 5.02 Å². The van der Waals surface area contributed by atoms with Gasteiger partial charge in [-0.1, -0.05) is 11.6 Å². The van der Waals surface area contributed by atoms with Gasteiger partial charge in [0.1, 0.15) is 5.38 Å². The molecule has 5 heteroatoms. The maximum absolute atomic E-state index is 11.5. The van der Waals surface area contributed by atoms with Crippen molar-refractivity contribution < 1.29 is 9.59 Å². The molecule has 0 saturated carbocycles. The van der Waals surface area contributed by atoms with E-state index in [1.165, 1.54) is 0 Å². The minimum Gasteiger partial charge on any atom is -0.274 e. The molecule has 1 aliphatic rings. The van der Waals surface area contributed by atoms with E-state index in [2.05, 4.69) is 0 Å². The number of alkyl halides is 1. The number of hydrogen-bond donors (Lipinski definition) is 0. The first-order valence-electron chi connectivity index (χ1n) is 4.36. The van der Waals surface area contributed by atoms with Gasteiger partial charge in [0.25, 0.3) is 5.91 Å². The van der Waals surface area contributed by atoms with Crippen LogP contribution >= 0.6 is 23.2 Å². The van der Waals surface area contributed by atoms with Crippen molar-refractivity contribution in [2.45, 2.75) is 11.8 Å². The summed E-state index contributed by atoms with van der Waals surface area (Å²) in [6.07, 6.45) is 0.0585. The highest BCUT2D eigenvalue weighted by Crippen LogP contribution is 2.26. The Balaban J connectivity index is 2.35. The summed E-state index contributed by atoms with van der Waals surface area (Å²) < 4.78 is 0. The molecule has 3 nitrogen and oxygen atoms in total. The first-order valence-corrected chi connectivity index (χ1v) is 5.17. The van der Waals surface area contributed by atoms with Gasteiger partial charge in [0.15, 0.2) is 0 Å². The van der Waals surface area contributed by atoms with Gasteiger partial charge < -0.3 is 0 Å². The first kappa shape index (κ1) is 10.5. The smallest absolute Gasteiger partial charge is 0.252 e. The second kappa shape index (κ2) is 3.83. The summed E-state index contributed by atoms with van der Waals surface area (Å²) in [6.45, 7) is 0. The van der Waals surface area contributed by atoms with Crippen LogP contribution in [0.1, 0.15) is 6.42 Å². The summed E-state index contributed by atoms with van der Waals surface area (Å²) in [7, 11) is 0. The second-order valence-electron chi connectivity index (χ2n) is 3.22. The normalized spacial score (nSPS) is 21.2. The Hall–Kier alpha value is -1.06. The van der Waals surface area contributed by atoms with Gasteiger partial charge in [-0.15, -0.1) is 11.6 Å². The van der Waals surface area contributed by atoms with E-state index in [4.69, 9.17) is 23.2 Å². The van der Waals surface area contributed by atoms with Crippen molar-refractivity contribution in [3.63, 3.8) is 0 Å². The van der Waals surface area contributed by atoms with Crippen molar-refractivity contribution in [2.24, 2.45) is 0 Å². The number of amides is 2. The molecule has 2 amide bonds. The van der Waals surface area contributed by atoms with Crippen LogP contribution in [0.4, 0.5) is 5.69 Å². The third-order valence-corrected chi connectivity index (χ3v) is 2.77. The quantitative estimate of drug-likeness (QED) is 0.561. The molecule has 1 aromatic carbocycles. The van der Waals surface area contributed by atoms with Crippen molar-refractivity contribution in [1.29, 1.82) is 0 Å². The molecule has 1 aliphatic heterocycles. The molecule has 15 heavy (non-hydrogen) atoms. The third kappa shape index (κ3) is 1.85. The van der Waals surface area contributed by atoms with Gasteiger partial charge in [-0.2, -0.15) is 0 Å². The molecule has 1 fully saturated rings. The minimum atomic E-state index is -0.742. The highest BCUT2D eigenvalue weighted by molar-refractivity contribution is 6.40. The summed E-state index contributed by atoms with van der Waals surface area (Å²) in [4.78, 5) is 24.1. The number of imide groups is 1. The number of nitrogens with zero attached hydrogens (tertiary/aromatic N) is 1. The van der Waals surface area contributed by atoms with Crippen LogP contribution in [0, 0.1) is 0 Å². The van der Waals surface area contributed by atoms with Crippen molar-refractivity contribution in [1.82, 2.24) is 0 Å². The molecule has 78 valence electrons. The molecular formula is C10H7Cl2NO2. The lowest BCUT2D eigenvalue weighted by molar-refractivity contribution is -0.121. The van der Waals surface area contributed by atoms with E-state index < -0.39 is 5.38 Å². The van der Waals surface area contributed by atoms with Gasteiger partial charge in [0.05, 0.1) is 12.1 Å². The zero-order valence-corrected chi connectivity index (χ0v) is 9.13. The summed E-state index contributed by atoms with van der Waals surface area (Å²) in [6, 6.07) is 6.48. The Morgan fingerprint density at radius 1 is 1.20 bits per heavy atom.